The zero-order valence-electron chi connectivity index (χ0n) is 8.08. The molecule has 1 aromatic heterocycles. The van der Waals surface area contributed by atoms with Crippen molar-refractivity contribution in [3.63, 3.8) is 0 Å². The van der Waals surface area contributed by atoms with Gasteiger partial charge in [-0.05, 0) is 51.8 Å². The molecule has 0 aliphatic rings. The minimum atomic E-state index is -0.188. The first-order chi connectivity index (χ1) is 7.56. The van der Waals surface area contributed by atoms with Gasteiger partial charge in [-0.3, -0.25) is 0 Å². The molecule has 1 atom stereocenters. The maximum absolute atomic E-state index is 6.14. The van der Waals surface area contributed by atoms with Crippen molar-refractivity contribution in [3.05, 3.63) is 54.6 Å². The van der Waals surface area contributed by atoms with Crippen LogP contribution in [0.2, 0.25) is 10.0 Å². The van der Waals surface area contributed by atoms with Crippen molar-refractivity contribution in [2.24, 2.45) is 5.73 Å². The Labute approximate surface area is 116 Å². The van der Waals surface area contributed by atoms with Gasteiger partial charge in [0, 0.05) is 14.9 Å². The van der Waals surface area contributed by atoms with Gasteiger partial charge in [-0.15, -0.1) is 11.3 Å². The van der Waals surface area contributed by atoms with Crippen LogP contribution in [0.1, 0.15) is 16.5 Å². The summed E-state index contributed by atoms with van der Waals surface area (Å²) in [6, 6.07) is 9.16. The highest BCUT2D eigenvalue weighted by Crippen LogP contribution is 2.31. The lowest BCUT2D eigenvalue weighted by Gasteiger charge is -2.10. The fourth-order valence-electron chi connectivity index (χ4n) is 1.41. The number of thiophene rings is 1. The molecule has 2 aromatic rings. The fraction of sp³-hybridized carbons (Fsp3) is 0.0909. The summed E-state index contributed by atoms with van der Waals surface area (Å²) >= 11 is 16.9. The van der Waals surface area contributed by atoms with E-state index < -0.39 is 0 Å². The SMILES string of the molecule is NC(c1cc(Cl)cc(Cl)c1)c1ccc(Br)s1. The highest BCUT2D eigenvalue weighted by molar-refractivity contribution is 9.11. The van der Waals surface area contributed by atoms with Gasteiger partial charge in [0.1, 0.15) is 0 Å². The summed E-state index contributed by atoms with van der Waals surface area (Å²) in [6.45, 7) is 0. The van der Waals surface area contributed by atoms with Crippen molar-refractivity contribution in [2.45, 2.75) is 6.04 Å². The summed E-state index contributed by atoms with van der Waals surface area (Å²) in [5.41, 5.74) is 7.06. The fourth-order valence-corrected chi connectivity index (χ4v) is 3.41. The summed E-state index contributed by atoms with van der Waals surface area (Å²) in [5, 5.41) is 1.21. The van der Waals surface area contributed by atoms with Gasteiger partial charge >= 0.3 is 0 Å². The van der Waals surface area contributed by atoms with Crippen LogP contribution in [-0.4, -0.2) is 0 Å². The van der Waals surface area contributed by atoms with E-state index in [4.69, 9.17) is 28.9 Å². The van der Waals surface area contributed by atoms with Crippen molar-refractivity contribution in [1.82, 2.24) is 0 Å². The van der Waals surface area contributed by atoms with Gasteiger partial charge in [0.05, 0.1) is 9.83 Å². The van der Waals surface area contributed by atoms with E-state index in [9.17, 15) is 0 Å². The largest absolute Gasteiger partial charge is 0.320 e. The van der Waals surface area contributed by atoms with Crippen LogP contribution < -0.4 is 5.73 Å². The standard InChI is InChI=1S/C11H8BrCl2NS/c12-10-2-1-9(16-10)11(15)6-3-7(13)5-8(14)4-6/h1-5,11H,15H2. The molecule has 84 valence electrons. The first-order valence-electron chi connectivity index (χ1n) is 4.53. The number of benzene rings is 1. The first kappa shape index (κ1) is 12.4. The molecule has 1 heterocycles. The summed E-state index contributed by atoms with van der Waals surface area (Å²) in [6.07, 6.45) is 0. The molecule has 0 fully saturated rings. The molecule has 5 heteroatoms. The van der Waals surface area contributed by atoms with Gasteiger partial charge in [0.2, 0.25) is 0 Å². The van der Waals surface area contributed by atoms with E-state index in [1.807, 2.05) is 24.3 Å². The van der Waals surface area contributed by atoms with Crippen LogP contribution in [0, 0.1) is 0 Å². The molecule has 1 nitrogen and oxygen atoms in total. The highest BCUT2D eigenvalue weighted by atomic mass is 79.9. The van der Waals surface area contributed by atoms with Gasteiger partial charge < -0.3 is 5.73 Å². The van der Waals surface area contributed by atoms with Crippen LogP contribution >= 0.6 is 50.5 Å². The lowest BCUT2D eigenvalue weighted by Crippen LogP contribution is -2.09. The quantitative estimate of drug-likeness (QED) is 0.832. The molecular formula is C11H8BrCl2NS. The normalized spacial score (nSPS) is 12.8. The van der Waals surface area contributed by atoms with Gasteiger partial charge in [-0.25, -0.2) is 0 Å². The van der Waals surface area contributed by atoms with E-state index in [-0.39, 0.29) is 6.04 Å². The lowest BCUT2D eigenvalue weighted by atomic mass is 10.1. The van der Waals surface area contributed by atoms with Crippen molar-refractivity contribution in [2.75, 3.05) is 0 Å². The Hall–Kier alpha value is -0.0600. The molecular weight excluding hydrogens is 329 g/mol. The van der Waals surface area contributed by atoms with E-state index in [1.165, 1.54) is 0 Å². The summed E-state index contributed by atoms with van der Waals surface area (Å²) in [4.78, 5) is 1.07. The van der Waals surface area contributed by atoms with E-state index in [2.05, 4.69) is 15.9 Å². The minimum Gasteiger partial charge on any atom is -0.320 e. The van der Waals surface area contributed by atoms with E-state index in [1.54, 1.807) is 17.4 Å². The number of rotatable bonds is 2. The number of nitrogens with two attached hydrogens (primary N) is 1. The lowest BCUT2D eigenvalue weighted by molar-refractivity contribution is 0.894. The Balaban J connectivity index is 2.37. The molecule has 16 heavy (non-hydrogen) atoms. The zero-order valence-corrected chi connectivity index (χ0v) is 12.0. The van der Waals surface area contributed by atoms with Gasteiger partial charge in [-0.2, -0.15) is 0 Å². The van der Waals surface area contributed by atoms with Gasteiger partial charge in [0.15, 0.2) is 0 Å². The highest BCUT2D eigenvalue weighted by Gasteiger charge is 2.12. The molecule has 1 aromatic carbocycles. The molecule has 0 saturated heterocycles. The Morgan fingerprint density at radius 2 is 1.75 bits per heavy atom. The maximum atomic E-state index is 6.14. The Morgan fingerprint density at radius 1 is 1.12 bits per heavy atom. The molecule has 2 rings (SSSR count). The third kappa shape index (κ3) is 2.79. The van der Waals surface area contributed by atoms with E-state index >= 15 is 0 Å². The Bertz CT molecular complexity index is 492. The van der Waals surface area contributed by atoms with Crippen molar-refractivity contribution in [1.29, 1.82) is 0 Å². The van der Waals surface area contributed by atoms with Crippen LogP contribution in [0.25, 0.3) is 0 Å². The number of hydrogen-bond donors (Lipinski definition) is 1. The number of hydrogen-bond acceptors (Lipinski definition) is 2. The molecule has 0 radical (unpaired) electrons. The average Bonchev–Trinajstić information content (AvgIpc) is 2.62. The molecule has 0 amide bonds. The zero-order chi connectivity index (χ0) is 11.7. The Kier molecular flexibility index (Phi) is 3.93. The Morgan fingerprint density at radius 3 is 2.25 bits per heavy atom. The molecule has 0 saturated carbocycles. The van der Waals surface area contributed by atoms with Crippen molar-refractivity contribution in [3.8, 4) is 0 Å². The molecule has 0 spiro atoms. The second-order valence-electron chi connectivity index (χ2n) is 3.32. The summed E-state index contributed by atoms with van der Waals surface area (Å²) in [5.74, 6) is 0. The minimum absolute atomic E-state index is 0.188. The van der Waals surface area contributed by atoms with Crippen LogP contribution in [-0.2, 0) is 0 Å². The molecule has 0 aliphatic heterocycles. The molecule has 0 aliphatic carbocycles. The van der Waals surface area contributed by atoms with Crippen LogP contribution in [0.3, 0.4) is 0 Å². The van der Waals surface area contributed by atoms with Gasteiger partial charge in [-0.1, -0.05) is 23.2 Å². The van der Waals surface area contributed by atoms with E-state index in [0.29, 0.717) is 10.0 Å². The monoisotopic (exact) mass is 335 g/mol. The smallest absolute Gasteiger partial charge is 0.0702 e. The average molecular weight is 337 g/mol. The van der Waals surface area contributed by atoms with Crippen molar-refractivity contribution >= 4 is 50.5 Å². The third-order valence-electron chi connectivity index (χ3n) is 2.14. The van der Waals surface area contributed by atoms with E-state index in [0.717, 1.165) is 14.2 Å². The summed E-state index contributed by atoms with van der Waals surface area (Å²) in [7, 11) is 0. The number of halogens is 3. The predicted octanol–water partition coefficient (Wildman–Crippen LogP) is 4.87. The van der Waals surface area contributed by atoms with Crippen LogP contribution in [0.5, 0.6) is 0 Å². The summed E-state index contributed by atoms with van der Waals surface area (Å²) < 4.78 is 1.06. The topological polar surface area (TPSA) is 26.0 Å². The molecule has 2 N–H and O–H groups in total. The van der Waals surface area contributed by atoms with Crippen LogP contribution in [0.15, 0.2) is 34.1 Å². The molecule has 0 bridgehead atoms. The predicted molar refractivity (Wildman–Crippen MR) is 74.5 cm³/mol. The maximum Gasteiger partial charge on any atom is 0.0702 e. The van der Waals surface area contributed by atoms with Gasteiger partial charge in [0.25, 0.3) is 0 Å². The molecule has 1 unspecified atom stereocenters. The van der Waals surface area contributed by atoms with Crippen LogP contribution in [0.4, 0.5) is 0 Å². The third-order valence-corrected chi connectivity index (χ3v) is 4.29. The van der Waals surface area contributed by atoms with Crippen molar-refractivity contribution < 1.29 is 0 Å². The second-order valence-corrected chi connectivity index (χ2v) is 6.69. The first-order valence-corrected chi connectivity index (χ1v) is 6.89. The second kappa shape index (κ2) is 5.07.